The zero-order valence-corrected chi connectivity index (χ0v) is 18.7. The minimum atomic E-state index is -0.615. The first-order chi connectivity index (χ1) is 14.5. The van der Waals surface area contributed by atoms with Crippen molar-refractivity contribution >= 4 is 28.8 Å². The molecule has 2 aliphatic heterocycles. The van der Waals surface area contributed by atoms with E-state index < -0.39 is 12.0 Å². The molecule has 0 spiro atoms. The summed E-state index contributed by atoms with van der Waals surface area (Å²) in [7, 11) is 1.58. The third-order valence-electron chi connectivity index (χ3n) is 4.96. The van der Waals surface area contributed by atoms with Gasteiger partial charge in [0.2, 0.25) is 5.91 Å². The Labute approximate surface area is 181 Å². The Morgan fingerprint density at radius 3 is 2.80 bits per heavy atom. The van der Waals surface area contributed by atoms with Crippen molar-refractivity contribution in [3.63, 3.8) is 0 Å². The number of thioether (sulfide) groups is 1. The highest BCUT2D eigenvalue weighted by molar-refractivity contribution is 8.14. The Hall–Kier alpha value is -2.48. The summed E-state index contributed by atoms with van der Waals surface area (Å²) in [4.78, 5) is 31.8. The standard InChI is InChI=1S/C22H28N2O5S/c1-5-7-11-29-16-9-8-15(13-17(16)27-4)20-19(21(26)28-6-2)14(3)23-22-24(20)18(25)10-12-30-22/h8-9,13,20H,5-7,10-12H2,1-4H3/t20-/m1/s1. The van der Waals surface area contributed by atoms with Gasteiger partial charge in [0.1, 0.15) is 0 Å². The molecule has 2 aliphatic rings. The summed E-state index contributed by atoms with van der Waals surface area (Å²) >= 11 is 1.52. The number of nitrogens with zero attached hydrogens (tertiary/aromatic N) is 2. The molecule has 8 heteroatoms. The number of hydrogen-bond acceptors (Lipinski definition) is 7. The van der Waals surface area contributed by atoms with E-state index in [9.17, 15) is 9.59 Å². The van der Waals surface area contributed by atoms with Gasteiger partial charge in [-0.1, -0.05) is 31.2 Å². The molecule has 0 saturated carbocycles. The van der Waals surface area contributed by atoms with Crippen molar-refractivity contribution in [1.29, 1.82) is 0 Å². The number of unbranched alkanes of at least 4 members (excludes halogenated alkanes) is 1. The van der Waals surface area contributed by atoms with Crippen molar-refractivity contribution in [2.75, 3.05) is 26.1 Å². The molecule has 0 N–H and O–H groups in total. The fourth-order valence-electron chi connectivity index (χ4n) is 3.48. The third-order valence-corrected chi connectivity index (χ3v) is 5.92. The Bertz CT molecular complexity index is 880. The first kappa shape index (κ1) is 22.2. The minimum Gasteiger partial charge on any atom is -0.493 e. The van der Waals surface area contributed by atoms with Gasteiger partial charge in [-0.15, -0.1) is 0 Å². The fraction of sp³-hybridized carbons (Fsp3) is 0.500. The van der Waals surface area contributed by atoms with E-state index in [2.05, 4.69) is 11.9 Å². The van der Waals surface area contributed by atoms with Gasteiger partial charge in [-0.25, -0.2) is 9.79 Å². The van der Waals surface area contributed by atoms with Crippen molar-refractivity contribution in [2.45, 2.75) is 46.1 Å². The number of hydrogen-bond donors (Lipinski definition) is 0. The van der Waals surface area contributed by atoms with E-state index in [1.165, 1.54) is 11.8 Å². The molecule has 1 saturated heterocycles. The maximum absolute atomic E-state index is 12.8. The number of carbonyl (C=O) groups excluding carboxylic acids is 2. The van der Waals surface area contributed by atoms with Crippen LogP contribution >= 0.6 is 11.8 Å². The summed E-state index contributed by atoms with van der Waals surface area (Å²) in [5.41, 5.74) is 1.69. The topological polar surface area (TPSA) is 77.4 Å². The lowest BCUT2D eigenvalue weighted by Crippen LogP contribution is -2.45. The highest BCUT2D eigenvalue weighted by Crippen LogP contribution is 2.42. The number of esters is 1. The molecule has 0 radical (unpaired) electrons. The molecule has 30 heavy (non-hydrogen) atoms. The van der Waals surface area contributed by atoms with Crippen molar-refractivity contribution < 1.29 is 23.8 Å². The SMILES string of the molecule is CCCCOc1ccc([C@@H]2C(C(=O)OCC)=C(C)N=C3SCCC(=O)N32)cc1OC. The predicted molar refractivity (Wildman–Crippen MR) is 117 cm³/mol. The third kappa shape index (κ3) is 4.48. The Kier molecular flexibility index (Phi) is 7.42. The zero-order chi connectivity index (χ0) is 21.7. The van der Waals surface area contributed by atoms with Crippen molar-refractivity contribution in [3.8, 4) is 11.5 Å². The van der Waals surface area contributed by atoms with Gasteiger partial charge in [-0.3, -0.25) is 9.69 Å². The number of amidine groups is 1. The lowest BCUT2D eigenvalue weighted by Gasteiger charge is -2.39. The van der Waals surface area contributed by atoms with Gasteiger partial charge in [-0.05, 0) is 38.0 Å². The van der Waals surface area contributed by atoms with Crippen LogP contribution in [0.1, 0.15) is 51.6 Å². The van der Waals surface area contributed by atoms with Crippen LogP contribution in [-0.2, 0) is 14.3 Å². The van der Waals surface area contributed by atoms with Gasteiger partial charge in [0.15, 0.2) is 16.7 Å². The summed E-state index contributed by atoms with van der Waals surface area (Å²) in [5, 5.41) is 0.615. The molecule has 1 atom stereocenters. The van der Waals surface area contributed by atoms with Crippen LogP contribution in [0.2, 0.25) is 0 Å². The summed E-state index contributed by atoms with van der Waals surface area (Å²) in [5.74, 6) is 1.35. The average molecular weight is 433 g/mol. The maximum Gasteiger partial charge on any atom is 0.338 e. The summed E-state index contributed by atoms with van der Waals surface area (Å²) in [6.07, 6.45) is 2.37. The lowest BCUT2D eigenvalue weighted by molar-refractivity contribution is -0.139. The van der Waals surface area contributed by atoms with E-state index in [0.29, 0.717) is 46.7 Å². The molecule has 1 amide bonds. The van der Waals surface area contributed by atoms with E-state index in [1.807, 2.05) is 18.2 Å². The highest BCUT2D eigenvalue weighted by Gasteiger charge is 2.41. The maximum atomic E-state index is 12.8. The van der Waals surface area contributed by atoms with Crippen molar-refractivity contribution in [3.05, 3.63) is 35.0 Å². The molecule has 7 nitrogen and oxygen atoms in total. The van der Waals surface area contributed by atoms with Crippen LogP contribution in [-0.4, -0.2) is 48.0 Å². The molecular formula is C22H28N2O5S. The van der Waals surface area contributed by atoms with E-state index in [4.69, 9.17) is 14.2 Å². The Morgan fingerprint density at radius 1 is 1.30 bits per heavy atom. The minimum absolute atomic E-state index is 0.0611. The van der Waals surface area contributed by atoms with Gasteiger partial charge in [0.25, 0.3) is 0 Å². The molecular weight excluding hydrogens is 404 g/mol. The summed E-state index contributed by atoms with van der Waals surface area (Å²) in [6, 6.07) is 4.91. The quantitative estimate of drug-likeness (QED) is 0.455. The second-order valence-corrected chi connectivity index (χ2v) is 8.05. The van der Waals surface area contributed by atoms with Crippen LogP contribution in [0, 0.1) is 0 Å². The summed E-state index contributed by atoms with van der Waals surface area (Å²) < 4.78 is 16.7. The number of fused-ring (bicyclic) bond motifs is 1. The van der Waals surface area contributed by atoms with Gasteiger partial charge >= 0.3 is 5.97 Å². The molecule has 1 aromatic rings. The van der Waals surface area contributed by atoms with Crippen LogP contribution < -0.4 is 9.47 Å². The number of amides is 1. The molecule has 0 aromatic heterocycles. The number of aliphatic imine (C=N–C) groups is 1. The molecule has 0 aliphatic carbocycles. The number of carbonyl (C=O) groups is 2. The van der Waals surface area contributed by atoms with Crippen LogP contribution in [0.4, 0.5) is 0 Å². The largest absolute Gasteiger partial charge is 0.493 e. The molecule has 1 fully saturated rings. The van der Waals surface area contributed by atoms with E-state index in [-0.39, 0.29) is 12.5 Å². The van der Waals surface area contributed by atoms with Crippen LogP contribution in [0.3, 0.4) is 0 Å². The van der Waals surface area contributed by atoms with Crippen LogP contribution in [0.25, 0.3) is 0 Å². The van der Waals surface area contributed by atoms with Crippen molar-refractivity contribution in [2.24, 2.45) is 4.99 Å². The molecule has 0 unspecified atom stereocenters. The predicted octanol–water partition coefficient (Wildman–Crippen LogP) is 4.09. The van der Waals surface area contributed by atoms with Crippen molar-refractivity contribution in [1.82, 2.24) is 4.90 Å². The number of allylic oxidation sites excluding steroid dienone is 1. The second kappa shape index (κ2) is 10.0. The number of ether oxygens (including phenoxy) is 3. The number of rotatable bonds is 8. The normalized spacial score (nSPS) is 18.7. The van der Waals surface area contributed by atoms with Crippen LogP contribution in [0.5, 0.6) is 11.5 Å². The van der Waals surface area contributed by atoms with E-state index in [0.717, 1.165) is 18.4 Å². The van der Waals surface area contributed by atoms with Gasteiger partial charge < -0.3 is 14.2 Å². The Morgan fingerprint density at radius 2 is 2.10 bits per heavy atom. The first-order valence-electron chi connectivity index (χ1n) is 10.2. The fourth-order valence-corrected chi connectivity index (χ4v) is 4.49. The summed E-state index contributed by atoms with van der Waals surface area (Å²) in [6.45, 7) is 6.48. The van der Waals surface area contributed by atoms with Gasteiger partial charge in [-0.2, -0.15) is 0 Å². The smallest absolute Gasteiger partial charge is 0.338 e. The first-order valence-corrected chi connectivity index (χ1v) is 11.2. The molecule has 0 bridgehead atoms. The van der Waals surface area contributed by atoms with Crippen LogP contribution in [0.15, 0.2) is 34.5 Å². The Balaban J connectivity index is 2.06. The average Bonchev–Trinajstić information content (AvgIpc) is 2.73. The van der Waals surface area contributed by atoms with Gasteiger partial charge in [0, 0.05) is 12.2 Å². The highest BCUT2D eigenvalue weighted by atomic mass is 32.2. The zero-order valence-electron chi connectivity index (χ0n) is 17.9. The number of methoxy groups -OCH3 is 1. The number of benzene rings is 1. The second-order valence-electron chi connectivity index (χ2n) is 6.99. The van der Waals surface area contributed by atoms with Gasteiger partial charge in [0.05, 0.1) is 37.6 Å². The molecule has 3 rings (SSSR count). The molecule has 2 heterocycles. The van der Waals surface area contributed by atoms with E-state index in [1.54, 1.807) is 25.9 Å². The molecule has 162 valence electrons. The lowest BCUT2D eigenvalue weighted by atomic mass is 9.94. The molecule has 1 aromatic carbocycles. The van der Waals surface area contributed by atoms with E-state index >= 15 is 0 Å². The monoisotopic (exact) mass is 432 g/mol.